The van der Waals surface area contributed by atoms with Crippen LogP contribution in [-0.4, -0.2) is 18.6 Å². The normalized spacial score (nSPS) is 14.1. The standard InChI is InChI=1S/C18H23N3/c1-13-11-14(2)20-18(16(13)12-19-3)21-10-6-8-15-7-4-5-9-17(15)21/h4-5,7,9,11,19H,6,8,10,12H2,1-3H3. The highest BCUT2D eigenvalue weighted by Crippen LogP contribution is 2.35. The Morgan fingerprint density at radius 2 is 2.05 bits per heavy atom. The predicted octanol–water partition coefficient (Wildman–Crippen LogP) is 3.50. The fourth-order valence-electron chi connectivity index (χ4n) is 3.22. The largest absolute Gasteiger partial charge is 0.326 e. The molecular formula is C18H23N3. The van der Waals surface area contributed by atoms with Crippen LogP contribution in [0.3, 0.4) is 0 Å². The monoisotopic (exact) mass is 281 g/mol. The number of pyridine rings is 1. The van der Waals surface area contributed by atoms with E-state index in [4.69, 9.17) is 4.98 Å². The molecule has 3 rings (SSSR count). The highest BCUT2D eigenvalue weighted by molar-refractivity contribution is 5.68. The minimum atomic E-state index is 0.854. The zero-order chi connectivity index (χ0) is 14.8. The topological polar surface area (TPSA) is 28.2 Å². The summed E-state index contributed by atoms with van der Waals surface area (Å²) < 4.78 is 0. The molecule has 0 unspecified atom stereocenters. The van der Waals surface area contributed by atoms with E-state index in [9.17, 15) is 0 Å². The first-order chi connectivity index (χ1) is 10.2. The average Bonchev–Trinajstić information content (AvgIpc) is 2.49. The summed E-state index contributed by atoms with van der Waals surface area (Å²) >= 11 is 0. The van der Waals surface area contributed by atoms with Crippen LogP contribution in [0.1, 0.15) is 28.8 Å². The van der Waals surface area contributed by atoms with E-state index in [0.717, 1.165) is 24.6 Å². The molecule has 0 spiro atoms. The zero-order valence-electron chi connectivity index (χ0n) is 13.1. The predicted molar refractivity (Wildman–Crippen MR) is 88.2 cm³/mol. The number of rotatable bonds is 3. The number of fused-ring (bicyclic) bond motifs is 1. The van der Waals surface area contributed by atoms with Crippen molar-refractivity contribution in [1.82, 2.24) is 10.3 Å². The fourth-order valence-corrected chi connectivity index (χ4v) is 3.22. The second-order valence-electron chi connectivity index (χ2n) is 5.80. The Morgan fingerprint density at radius 3 is 2.86 bits per heavy atom. The average molecular weight is 281 g/mol. The van der Waals surface area contributed by atoms with E-state index in [1.807, 2.05) is 7.05 Å². The van der Waals surface area contributed by atoms with Gasteiger partial charge in [-0.2, -0.15) is 0 Å². The minimum Gasteiger partial charge on any atom is -0.326 e. The summed E-state index contributed by atoms with van der Waals surface area (Å²) in [6.07, 6.45) is 2.35. The van der Waals surface area contributed by atoms with Crippen molar-refractivity contribution in [2.45, 2.75) is 33.2 Å². The van der Waals surface area contributed by atoms with Crippen molar-refractivity contribution in [2.75, 3.05) is 18.5 Å². The summed E-state index contributed by atoms with van der Waals surface area (Å²) in [5.74, 6) is 1.12. The molecule has 0 fully saturated rings. The molecule has 1 aliphatic rings. The molecule has 1 aromatic carbocycles. The first-order valence-corrected chi connectivity index (χ1v) is 7.68. The van der Waals surface area contributed by atoms with Crippen LogP contribution in [0, 0.1) is 13.8 Å². The van der Waals surface area contributed by atoms with E-state index >= 15 is 0 Å². The highest BCUT2D eigenvalue weighted by Gasteiger charge is 2.22. The van der Waals surface area contributed by atoms with Crippen molar-refractivity contribution in [2.24, 2.45) is 0 Å². The number of para-hydroxylation sites is 1. The van der Waals surface area contributed by atoms with Gasteiger partial charge in [0.1, 0.15) is 5.82 Å². The molecule has 3 nitrogen and oxygen atoms in total. The van der Waals surface area contributed by atoms with E-state index in [0.29, 0.717) is 0 Å². The van der Waals surface area contributed by atoms with Gasteiger partial charge in [0.05, 0.1) is 0 Å². The van der Waals surface area contributed by atoms with Gasteiger partial charge in [-0.05, 0) is 57.0 Å². The second-order valence-corrected chi connectivity index (χ2v) is 5.80. The van der Waals surface area contributed by atoms with Crippen LogP contribution in [0.15, 0.2) is 30.3 Å². The Balaban J connectivity index is 2.13. The molecule has 110 valence electrons. The van der Waals surface area contributed by atoms with E-state index in [2.05, 4.69) is 54.4 Å². The van der Waals surface area contributed by atoms with Crippen molar-refractivity contribution >= 4 is 11.5 Å². The number of aromatic nitrogens is 1. The number of aryl methyl sites for hydroxylation is 3. The van der Waals surface area contributed by atoms with Crippen molar-refractivity contribution in [3.05, 3.63) is 52.7 Å². The van der Waals surface area contributed by atoms with Crippen molar-refractivity contribution < 1.29 is 0 Å². The van der Waals surface area contributed by atoms with Crippen LogP contribution < -0.4 is 10.2 Å². The Kier molecular flexibility index (Phi) is 3.93. The lowest BCUT2D eigenvalue weighted by Gasteiger charge is -2.32. The molecular weight excluding hydrogens is 258 g/mol. The van der Waals surface area contributed by atoms with Crippen LogP contribution in [0.25, 0.3) is 0 Å². The molecule has 0 atom stereocenters. The molecule has 0 amide bonds. The van der Waals surface area contributed by atoms with Crippen LogP contribution in [-0.2, 0) is 13.0 Å². The molecule has 1 aromatic heterocycles. The van der Waals surface area contributed by atoms with Gasteiger partial charge in [-0.1, -0.05) is 18.2 Å². The third-order valence-corrected chi connectivity index (χ3v) is 4.17. The molecule has 2 heterocycles. The molecule has 0 bridgehead atoms. The van der Waals surface area contributed by atoms with Gasteiger partial charge >= 0.3 is 0 Å². The number of hydrogen-bond acceptors (Lipinski definition) is 3. The van der Waals surface area contributed by atoms with Crippen molar-refractivity contribution in [3.63, 3.8) is 0 Å². The smallest absolute Gasteiger partial charge is 0.138 e. The lowest BCUT2D eigenvalue weighted by molar-refractivity contribution is 0.742. The van der Waals surface area contributed by atoms with Gasteiger partial charge in [0, 0.05) is 30.0 Å². The summed E-state index contributed by atoms with van der Waals surface area (Å²) in [6, 6.07) is 10.9. The number of benzene rings is 1. The van der Waals surface area contributed by atoms with E-state index in [-0.39, 0.29) is 0 Å². The Morgan fingerprint density at radius 1 is 1.24 bits per heavy atom. The summed E-state index contributed by atoms with van der Waals surface area (Å²) in [6.45, 7) is 6.16. The van der Waals surface area contributed by atoms with Gasteiger partial charge < -0.3 is 10.2 Å². The number of hydrogen-bond donors (Lipinski definition) is 1. The van der Waals surface area contributed by atoms with Crippen LogP contribution in [0.4, 0.5) is 11.5 Å². The van der Waals surface area contributed by atoms with Crippen LogP contribution >= 0.6 is 0 Å². The molecule has 0 radical (unpaired) electrons. The lowest BCUT2D eigenvalue weighted by Crippen LogP contribution is -2.27. The maximum absolute atomic E-state index is 4.86. The van der Waals surface area contributed by atoms with E-state index < -0.39 is 0 Å². The summed E-state index contributed by atoms with van der Waals surface area (Å²) in [5, 5.41) is 3.28. The van der Waals surface area contributed by atoms with Gasteiger partial charge in [0.15, 0.2) is 0 Å². The first-order valence-electron chi connectivity index (χ1n) is 7.68. The molecule has 2 aromatic rings. The summed E-state index contributed by atoms with van der Waals surface area (Å²) in [5.41, 5.74) is 6.46. The maximum Gasteiger partial charge on any atom is 0.138 e. The molecule has 3 heteroatoms. The minimum absolute atomic E-state index is 0.854. The number of anilines is 2. The SMILES string of the molecule is CNCc1c(C)cc(C)nc1N1CCCc2ccccc21. The second kappa shape index (κ2) is 5.86. The Bertz CT molecular complexity index is 649. The summed E-state index contributed by atoms with van der Waals surface area (Å²) in [4.78, 5) is 7.26. The molecule has 0 saturated heterocycles. The van der Waals surface area contributed by atoms with Gasteiger partial charge in [-0.3, -0.25) is 0 Å². The Labute approximate surface area is 127 Å². The zero-order valence-corrected chi connectivity index (χ0v) is 13.1. The lowest BCUT2D eigenvalue weighted by atomic mass is 10.0. The molecule has 1 N–H and O–H groups in total. The Hall–Kier alpha value is -1.87. The van der Waals surface area contributed by atoms with Gasteiger partial charge in [-0.25, -0.2) is 4.98 Å². The van der Waals surface area contributed by atoms with E-state index in [1.54, 1.807) is 0 Å². The van der Waals surface area contributed by atoms with Crippen LogP contribution in [0.5, 0.6) is 0 Å². The van der Waals surface area contributed by atoms with E-state index in [1.165, 1.54) is 35.2 Å². The summed E-state index contributed by atoms with van der Waals surface area (Å²) in [7, 11) is 1.99. The molecule has 1 aliphatic heterocycles. The van der Waals surface area contributed by atoms with Crippen molar-refractivity contribution in [1.29, 1.82) is 0 Å². The van der Waals surface area contributed by atoms with Crippen LogP contribution in [0.2, 0.25) is 0 Å². The van der Waals surface area contributed by atoms with Crippen molar-refractivity contribution in [3.8, 4) is 0 Å². The van der Waals surface area contributed by atoms with Gasteiger partial charge in [0.25, 0.3) is 0 Å². The van der Waals surface area contributed by atoms with Gasteiger partial charge in [0.2, 0.25) is 0 Å². The van der Waals surface area contributed by atoms with Gasteiger partial charge in [-0.15, -0.1) is 0 Å². The quantitative estimate of drug-likeness (QED) is 0.933. The highest BCUT2D eigenvalue weighted by atomic mass is 15.2. The molecule has 0 saturated carbocycles. The fraction of sp³-hybridized carbons (Fsp3) is 0.389. The third-order valence-electron chi connectivity index (χ3n) is 4.17. The maximum atomic E-state index is 4.86. The first kappa shape index (κ1) is 14.1. The third kappa shape index (κ3) is 2.66. The number of nitrogens with one attached hydrogen (secondary N) is 1. The number of nitrogens with zero attached hydrogens (tertiary/aromatic N) is 2. The molecule has 21 heavy (non-hydrogen) atoms. The molecule has 0 aliphatic carbocycles.